The molecule has 3 rings (SSSR count). The number of aliphatic hydroxyl groups is 1. The van der Waals surface area contributed by atoms with Crippen LogP contribution in [0.4, 0.5) is 10.5 Å². The van der Waals surface area contributed by atoms with Crippen LogP contribution in [0.3, 0.4) is 0 Å². The lowest BCUT2D eigenvalue weighted by Crippen LogP contribution is -2.38. The Bertz CT molecular complexity index is 1020. The van der Waals surface area contributed by atoms with E-state index in [1.807, 2.05) is 25.1 Å². The molecule has 0 aliphatic carbocycles. The smallest absolute Gasteiger partial charge is 0.322 e. The summed E-state index contributed by atoms with van der Waals surface area (Å²) in [6, 6.07) is 13.8. The van der Waals surface area contributed by atoms with Gasteiger partial charge in [-0.15, -0.1) is 0 Å². The Hall–Kier alpha value is -2.83. The van der Waals surface area contributed by atoms with Crippen molar-refractivity contribution in [1.82, 2.24) is 9.88 Å². The lowest BCUT2D eigenvalue weighted by molar-refractivity contribution is 0.185. The van der Waals surface area contributed by atoms with E-state index in [9.17, 15) is 14.7 Å². The molecule has 0 spiro atoms. The standard InChI is InChI=1S/C20H20ClN3O3/c1-13-3-2-4-14-11-15(19(26)23-18(13)14)12-24(9-10-25)20(27)22-17-7-5-16(21)6-8-17/h2-8,11,25H,9-10,12H2,1H3,(H,22,27)(H,23,26). The van der Waals surface area contributed by atoms with E-state index in [2.05, 4.69) is 10.3 Å². The number of fused-ring (bicyclic) bond motifs is 1. The molecule has 0 saturated heterocycles. The predicted molar refractivity (Wildman–Crippen MR) is 107 cm³/mol. The van der Waals surface area contributed by atoms with Gasteiger partial charge in [0.05, 0.1) is 18.7 Å². The van der Waals surface area contributed by atoms with Crippen molar-refractivity contribution >= 4 is 34.2 Å². The largest absolute Gasteiger partial charge is 0.395 e. The van der Waals surface area contributed by atoms with Crippen LogP contribution in [0, 0.1) is 6.92 Å². The molecule has 1 aromatic heterocycles. The number of aromatic nitrogens is 1. The SMILES string of the molecule is Cc1cccc2cc(CN(CCO)C(=O)Nc3ccc(Cl)cc3)c(=O)[nH]c12. The number of benzene rings is 2. The summed E-state index contributed by atoms with van der Waals surface area (Å²) in [4.78, 5) is 29.3. The lowest BCUT2D eigenvalue weighted by atomic mass is 10.1. The third kappa shape index (κ3) is 4.48. The molecule has 0 fully saturated rings. The Labute approximate surface area is 161 Å². The molecule has 0 bridgehead atoms. The van der Waals surface area contributed by atoms with Gasteiger partial charge < -0.3 is 20.3 Å². The fraction of sp³-hybridized carbons (Fsp3) is 0.200. The van der Waals surface area contributed by atoms with Gasteiger partial charge >= 0.3 is 6.03 Å². The number of carbonyl (C=O) groups excluding carboxylic acids is 1. The molecule has 3 aromatic rings. The highest BCUT2D eigenvalue weighted by Gasteiger charge is 2.16. The summed E-state index contributed by atoms with van der Waals surface area (Å²) in [6.45, 7) is 1.90. The van der Waals surface area contributed by atoms with Gasteiger partial charge in [-0.3, -0.25) is 4.79 Å². The molecule has 3 N–H and O–H groups in total. The van der Waals surface area contributed by atoms with Gasteiger partial charge in [0.25, 0.3) is 5.56 Å². The zero-order valence-corrected chi connectivity index (χ0v) is 15.6. The molecule has 1 heterocycles. The van der Waals surface area contributed by atoms with Crippen LogP contribution in [0.15, 0.2) is 53.3 Å². The van der Waals surface area contributed by atoms with Crippen LogP contribution < -0.4 is 10.9 Å². The molecule has 0 saturated carbocycles. The zero-order chi connectivity index (χ0) is 19.4. The highest BCUT2D eigenvalue weighted by Crippen LogP contribution is 2.17. The van der Waals surface area contributed by atoms with Gasteiger partial charge in [0.1, 0.15) is 0 Å². The third-order valence-electron chi connectivity index (χ3n) is 4.28. The minimum absolute atomic E-state index is 0.0825. The second kappa shape index (κ2) is 8.24. The Morgan fingerprint density at radius 3 is 2.67 bits per heavy atom. The molecule has 0 aliphatic heterocycles. The maximum atomic E-state index is 12.6. The first-order valence-electron chi connectivity index (χ1n) is 8.52. The van der Waals surface area contributed by atoms with E-state index in [0.717, 1.165) is 16.5 Å². The van der Waals surface area contributed by atoms with E-state index in [4.69, 9.17) is 11.6 Å². The number of aromatic amines is 1. The van der Waals surface area contributed by atoms with Crippen LogP contribution in [-0.4, -0.2) is 34.2 Å². The minimum Gasteiger partial charge on any atom is -0.395 e. The Kier molecular flexibility index (Phi) is 5.78. The minimum atomic E-state index is -0.407. The highest BCUT2D eigenvalue weighted by molar-refractivity contribution is 6.30. The van der Waals surface area contributed by atoms with Gasteiger partial charge in [-0.2, -0.15) is 0 Å². The number of H-pyrrole nitrogens is 1. The van der Waals surface area contributed by atoms with Crippen molar-refractivity contribution in [2.45, 2.75) is 13.5 Å². The van der Waals surface area contributed by atoms with E-state index < -0.39 is 6.03 Å². The van der Waals surface area contributed by atoms with Gasteiger partial charge in [-0.1, -0.05) is 29.8 Å². The zero-order valence-electron chi connectivity index (χ0n) is 14.8. The van der Waals surface area contributed by atoms with Crippen LogP contribution in [0.1, 0.15) is 11.1 Å². The van der Waals surface area contributed by atoms with E-state index >= 15 is 0 Å². The summed E-state index contributed by atoms with van der Waals surface area (Å²) in [5.41, 5.74) is 2.54. The molecule has 0 aliphatic rings. The van der Waals surface area contributed by atoms with Crippen LogP contribution >= 0.6 is 11.6 Å². The first-order valence-corrected chi connectivity index (χ1v) is 8.89. The number of anilines is 1. The van der Waals surface area contributed by atoms with Crippen LogP contribution in [0.2, 0.25) is 5.02 Å². The maximum Gasteiger partial charge on any atom is 0.322 e. The number of halogens is 1. The Morgan fingerprint density at radius 1 is 1.22 bits per heavy atom. The highest BCUT2D eigenvalue weighted by atomic mass is 35.5. The van der Waals surface area contributed by atoms with Gasteiger partial charge in [-0.25, -0.2) is 4.79 Å². The van der Waals surface area contributed by atoms with Gasteiger partial charge in [0, 0.05) is 22.8 Å². The van der Waals surface area contributed by atoms with Crippen molar-refractivity contribution in [2.75, 3.05) is 18.5 Å². The number of nitrogens with zero attached hydrogens (tertiary/aromatic N) is 1. The number of rotatable bonds is 5. The van der Waals surface area contributed by atoms with Gasteiger partial charge in [0.15, 0.2) is 0 Å². The number of nitrogens with one attached hydrogen (secondary N) is 2. The number of urea groups is 1. The maximum absolute atomic E-state index is 12.6. The molecular formula is C20H20ClN3O3. The summed E-state index contributed by atoms with van der Waals surface area (Å²) in [5.74, 6) is 0. The normalized spacial score (nSPS) is 10.8. The molecular weight excluding hydrogens is 366 g/mol. The number of hydrogen-bond acceptors (Lipinski definition) is 3. The van der Waals surface area contributed by atoms with Crippen molar-refractivity contribution in [3.8, 4) is 0 Å². The number of amides is 2. The molecule has 7 heteroatoms. The Morgan fingerprint density at radius 2 is 1.96 bits per heavy atom. The number of para-hydroxylation sites is 1. The topological polar surface area (TPSA) is 85.4 Å². The van der Waals surface area contributed by atoms with Crippen molar-refractivity contribution < 1.29 is 9.90 Å². The Balaban J connectivity index is 1.84. The second-order valence-electron chi connectivity index (χ2n) is 6.25. The molecule has 0 atom stereocenters. The molecule has 27 heavy (non-hydrogen) atoms. The summed E-state index contributed by atoms with van der Waals surface area (Å²) in [5, 5.41) is 13.5. The fourth-order valence-electron chi connectivity index (χ4n) is 2.86. The van der Waals surface area contributed by atoms with E-state index in [-0.39, 0.29) is 25.3 Å². The number of aliphatic hydroxyl groups excluding tert-OH is 1. The second-order valence-corrected chi connectivity index (χ2v) is 6.68. The lowest BCUT2D eigenvalue weighted by Gasteiger charge is -2.22. The number of pyridine rings is 1. The fourth-order valence-corrected chi connectivity index (χ4v) is 2.99. The molecule has 0 unspecified atom stereocenters. The summed E-state index contributed by atoms with van der Waals surface area (Å²) >= 11 is 5.85. The number of aryl methyl sites for hydroxylation is 1. The van der Waals surface area contributed by atoms with E-state index in [1.165, 1.54) is 4.90 Å². The molecule has 140 valence electrons. The van der Waals surface area contributed by atoms with Crippen LogP contribution in [0.25, 0.3) is 10.9 Å². The average molecular weight is 386 g/mol. The van der Waals surface area contributed by atoms with Crippen LogP contribution in [0.5, 0.6) is 0 Å². The average Bonchev–Trinajstić information content (AvgIpc) is 2.64. The van der Waals surface area contributed by atoms with Gasteiger partial charge in [-0.05, 0) is 48.2 Å². The molecule has 2 amide bonds. The number of hydrogen-bond donors (Lipinski definition) is 3. The first kappa shape index (κ1) is 18.9. The monoisotopic (exact) mass is 385 g/mol. The predicted octanol–water partition coefficient (Wildman–Crippen LogP) is 3.52. The van der Waals surface area contributed by atoms with Crippen molar-refractivity contribution in [1.29, 1.82) is 0 Å². The molecule has 2 aromatic carbocycles. The van der Waals surface area contributed by atoms with Crippen molar-refractivity contribution in [2.24, 2.45) is 0 Å². The quantitative estimate of drug-likeness (QED) is 0.628. The van der Waals surface area contributed by atoms with E-state index in [0.29, 0.717) is 16.3 Å². The van der Waals surface area contributed by atoms with Crippen molar-refractivity contribution in [3.05, 3.63) is 75.0 Å². The van der Waals surface area contributed by atoms with Crippen molar-refractivity contribution in [3.63, 3.8) is 0 Å². The number of carbonyl (C=O) groups is 1. The first-order chi connectivity index (χ1) is 13.0. The van der Waals surface area contributed by atoms with E-state index in [1.54, 1.807) is 30.3 Å². The third-order valence-corrected chi connectivity index (χ3v) is 4.53. The summed E-state index contributed by atoms with van der Waals surface area (Å²) in [6.07, 6.45) is 0. The molecule has 6 nitrogen and oxygen atoms in total. The molecule has 0 radical (unpaired) electrons. The summed E-state index contributed by atoms with van der Waals surface area (Å²) < 4.78 is 0. The van der Waals surface area contributed by atoms with Gasteiger partial charge in [0.2, 0.25) is 0 Å². The summed E-state index contributed by atoms with van der Waals surface area (Å²) in [7, 11) is 0. The van der Waals surface area contributed by atoms with Crippen LogP contribution in [-0.2, 0) is 6.54 Å².